The van der Waals surface area contributed by atoms with Crippen molar-refractivity contribution in [2.45, 2.75) is 0 Å². The van der Waals surface area contributed by atoms with E-state index in [4.69, 9.17) is 0 Å². The smallest absolute Gasteiger partial charge is 0.258 e. The van der Waals surface area contributed by atoms with Crippen LogP contribution in [0.15, 0.2) is 30.6 Å². The van der Waals surface area contributed by atoms with Gasteiger partial charge in [0.15, 0.2) is 11.6 Å². The molecular formula is C10H7F2N3O. The number of halogens is 2. The van der Waals surface area contributed by atoms with Crippen LogP contribution in [-0.2, 0) is 0 Å². The summed E-state index contributed by atoms with van der Waals surface area (Å²) in [6, 6.07) is 3.56. The van der Waals surface area contributed by atoms with E-state index in [0.29, 0.717) is 0 Å². The third kappa shape index (κ3) is 1.90. The molecule has 0 aliphatic heterocycles. The molecule has 1 aromatic carbocycles. The number of anilines is 1. The standard InChI is InChI=1S/C10H7F2N3O/c11-7-2-1-3-8(9(7)12)15-10(16)6-4-13-14-5-6/h1-5H,(H,13,14)(H,15,16). The summed E-state index contributed by atoms with van der Waals surface area (Å²) >= 11 is 0. The molecule has 0 radical (unpaired) electrons. The Morgan fingerprint density at radius 3 is 2.88 bits per heavy atom. The Labute approximate surface area is 89.3 Å². The summed E-state index contributed by atoms with van der Waals surface area (Å²) < 4.78 is 26.0. The number of carbonyl (C=O) groups is 1. The highest BCUT2D eigenvalue weighted by Crippen LogP contribution is 2.17. The second-order valence-corrected chi connectivity index (χ2v) is 3.04. The molecule has 6 heteroatoms. The van der Waals surface area contributed by atoms with Gasteiger partial charge in [0.25, 0.3) is 5.91 Å². The number of nitrogens with one attached hydrogen (secondary N) is 2. The predicted octanol–water partition coefficient (Wildman–Crippen LogP) is 1.94. The zero-order valence-electron chi connectivity index (χ0n) is 8.00. The summed E-state index contributed by atoms with van der Waals surface area (Å²) in [4.78, 5) is 11.5. The molecule has 0 fully saturated rings. The second-order valence-electron chi connectivity index (χ2n) is 3.04. The number of aromatic nitrogens is 2. The first-order valence-electron chi connectivity index (χ1n) is 4.42. The van der Waals surface area contributed by atoms with Gasteiger partial charge in [0.2, 0.25) is 0 Å². The largest absolute Gasteiger partial charge is 0.319 e. The Morgan fingerprint density at radius 2 is 2.19 bits per heavy atom. The van der Waals surface area contributed by atoms with E-state index in [1.165, 1.54) is 24.5 Å². The van der Waals surface area contributed by atoms with Crippen LogP contribution in [0.3, 0.4) is 0 Å². The van der Waals surface area contributed by atoms with Gasteiger partial charge in [0.1, 0.15) is 0 Å². The van der Waals surface area contributed by atoms with Crippen LogP contribution in [-0.4, -0.2) is 16.1 Å². The Morgan fingerprint density at radius 1 is 1.38 bits per heavy atom. The number of benzene rings is 1. The van der Waals surface area contributed by atoms with Crippen LogP contribution in [0.4, 0.5) is 14.5 Å². The van der Waals surface area contributed by atoms with E-state index >= 15 is 0 Å². The van der Waals surface area contributed by atoms with Gasteiger partial charge in [0.05, 0.1) is 17.4 Å². The topological polar surface area (TPSA) is 57.8 Å². The normalized spacial score (nSPS) is 10.1. The van der Waals surface area contributed by atoms with E-state index < -0.39 is 17.5 Å². The first-order chi connectivity index (χ1) is 7.68. The molecule has 2 aromatic rings. The summed E-state index contributed by atoms with van der Waals surface area (Å²) in [7, 11) is 0. The molecule has 0 bridgehead atoms. The lowest BCUT2D eigenvalue weighted by Gasteiger charge is -2.04. The van der Waals surface area contributed by atoms with Crippen LogP contribution >= 0.6 is 0 Å². The maximum Gasteiger partial charge on any atom is 0.258 e. The monoisotopic (exact) mass is 223 g/mol. The maximum absolute atomic E-state index is 13.2. The van der Waals surface area contributed by atoms with Gasteiger partial charge >= 0.3 is 0 Å². The third-order valence-electron chi connectivity index (χ3n) is 1.96. The highest BCUT2D eigenvalue weighted by molar-refractivity contribution is 6.03. The average Bonchev–Trinajstić information content (AvgIpc) is 2.78. The maximum atomic E-state index is 13.2. The van der Waals surface area contributed by atoms with Gasteiger partial charge < -0.3 is 5.32 Å². The van der Waals surface area contributed by atoms with Crippen molar-refractivity contribution >= 4 is 11.6 Å². The van der Waals surface area contributed by atoms with E-state index in [0.717, 1.165) is 6.07 Å². The van der Waals surface area contributed by atoms with E-state index in [1.807, 2.05) is 0 Å². The minimum Gasteiger partial charge on any atom is -0.319 e. The van der Waals surface area contributed by atoms with Gasteiger partial charge in [0, 0.05) is 6.20 Å². The number of H-pyrrole nitrogens is 1. The van der Waals surface area contributed by atoms with Gasteiger partial charge in [-0.2, -0.15) is 5.10 Å². The zero-order valence-corrected chi connectivity index (χ0v) is 8.00. The molecule has 2 N–H and O–H groups in total. The molecule has 1 heterocycles. The van der Waals surface area contributed by atoms with E-state index in [-0.39, 0.29) is 11.3 Å². The molecule has 0 atom stereocenters. The van der Waals surface area contributed by atoms with Gasteiger partial charge in [-0.05, 0) is 12.1 Å². The van der Waals surface area contributed by atoms with Crippen LogP contribution in [0, 0.1) is 11.6 Å². The van der Waals surface area contributed by atoms with Crippen molar-refractivity contribution in [2.24, 2.45) is 0 Å². The van der Waals surface area contributed by atoms with Crippen molar-refractivity contribution in [1.29, 1.82) is 0 Å². The number of hydrogen-bond acceptors (Lipinski definition) is 2. The number of carbonyl (C=O) groups excluding carboxylic acids is 1. The second kappa shape index (κ2) is 4.09. The van der Waals surface area contributed by atoms with E-state index in [9.17, 15) is 13.6 Å². The molecule has 1 amide bonds. The summed E-state index contributed by atoms with van der Waals surface area (Å²) in [5.41, 5.74) is 0.0369. The number of rotatable bonds is 2. The van der Waals surface area contributed by atoms with Gasteiger partial charge in [-0.15, -0.1) is 0 Å². The number of hydrogen-bond donors (Lipinski definition) is 2. The van der Waals surface area contributed by atoms with Crippen LogP contribution < -0.4 is 5.32 Å². The lowest BCUT2D eigenvalue weighted by Crippen LogP contribution is -2.12. The van der Waals surface area contributed by atoms with Crippen molar-refractivity contribution in [3.05, 3.63) is 47.8 Å². The summed E-state index contributed by atoms with van der Waals surface area (Å²) in [5.74, 6) is -2.65. The summed E-state index contributed by atoms with van der Waals surface area (Å²) in [6.07, 6.45) is 2.64. The Hall–Kier alpha value is -2.24. The molecule has 0 aliphatic carbocycles. The molecule has 0 saturated heterocycles. The fraction of sp³-hybridized carbons (Fsp3) is 0. The van der Waals surface area contributed by atoms with Gasteiger partial charge in [-0.3, -0.25) is 9.89 Å². The molecule has 4 nitrogen and oxygen atoms in total. The molecule has 0 aliphatic rings. The van der Waals surface area contributed by atoms with Crippen LogP contribution in [0.1, 0.15) is 10.4 Å². The lowest BCUT2D eigenvalue weighted by molar-refractivity contribution is 0.102. The minimum atomic E-state index is -1.08. The molecule has 1 aromatic heterocycles. The first kappa shape index (κ1) is 10.3. The average molecular weight is 223 g/mol. The van der Waals surface area contributed by atoms with E-state index in [1.54, 1.807) is 0 Å². The Balaban J connectivity index is 2.22. The molecule has 82 valence electrons. The molecular weight excluding hydrogens is 216 g/mol. The fourth-order valence-corrected chi connectivity index (χ4v) is 1.17. The van der Waals surface area contributed by atoms with Crippen molar-refractivity contribution in [1.82, 2.24) is 10.2 Å². The van der Waals surface area contributed by atoms with Crippen LogP contribution in [0.25, 0.3) is 0 Å². The molecule has 0 unspecified atom stereocenters. The summed E-state index contributed by atoms with van der Waals surface area (Å²) in [6.45, 7) is 0. The Kier molecular flexibility index (Phi) is 2.63. The molecule has 2 rings (SSSR count). The first-order valence-corrected chi connectivity index (χ1v) is 4.42. The Bertz CT molecular complexity index is 511. The minimum absolute atomic E-state index is 0.203. The summed E-state index contributed by atoms with van der Waals surface area (Å²) in [5, 5.41) is 8.25. The molecule has 16 heavy (non-hydrogen) atoms. The van der Waals surface area contributed by atoms with Crippen molar-refractivity contribution in [3.63, 3.8) is 0 Å². The highest BCUT2D eigenvalue weighted by atomic mass is 19.2. The van der Waals surface area contributed by atoms with Crippen molar-refractivity contribution in [2.75, 3.05) is 5.32 Å². The third-order valence-corrected chi connectivity index (χ3v) is 1.96. The number of aromatic amines is 1. The zero-order chi connectivity index (χ0) is 11.5. The molecule has 0 spiro atoms. The predicted molar refractivity (Wildman–Crippen MR) is 52.9 cm³/mol. The molecule has 0 saturated carbocycles. The van der Waals surface area contributed by atoms with Crippen LogP contribution in [0.2, 0.25) is 0 Å². The fourth-order valence-electron chi connectivity index (χ4n) is 1.17. The van der Waals surface area contributed by atoms with Crippen LogP contribution in [0.5, 0.6) is 0 Å². The van der Waals surface area contributed by atoms with Crippen molar-refractivity contribution < 1.29 is 13.6 Å². The van der Waals surface area contributed by atoms with Gasteiger partial charge in [-0.25, -0.2) is 8.78 Å². The lowest BCUT2D eigenvalue weighted by atomic mass is 10.2. The highest BCUT2D eigenvalue weighted by Gasteiger charge is 2.12. The van der Waals surface area contributed by atoms with Gasteiger partial charge in [-0.1, -0.05) is 6.07 Å². The van der Waals surface area contributed by atoms with Crippen molar-refractivity contribution in [3.8, 4) is 0 Å². The SMILES string of the molecule is O=C(Nc1cccc(F)c1F)c1cn[nH]c1. The number of nitrogens with zero attached hydrogens (tertiary/aromatic N) is 1. The quantitative estimate of drug-likeness (QED) is 0.817. The number of amides is 1. The van der Waals surface area contributed by atoms with E-state index in [2.05, 4.69) is 15.5 Å².